The maximum Gasteiger partial charge on any atom is 0.0589 e. The molecule has 2 aliphatic rings. The molecule has 184 valence electrons. The zero-order valence-corrected chi connectivity index (χ0v) is 22.5. The van der Waals surface area contributed by atoms with Gasteiger partial charge < -0.3 is 19.3 Å². The van der Waals surface area contributed by atoms with Gasteiger partial charge >= 0.3 is 0 Å². The molecule has 0 saturated heterocycles. The minimum absolute atomic E-state index is 0.811. The number of hydrogen-bond donors (Lipinski definition) is 0. The van der Waals surface area contributed by atoms with Gasteiger partial charge in [-0.3, -0.25) is 0 Å². The Balaban J connectivity index is 0. The third kappa shape index (κ3) is 15.6. The first-order valence-electron chi connectivity index (χ1n) is 12.9. The van der Waals surface area contributed by atoms with Crippen LogP contribution < -0.4 is 0 Å². The van der Waals surface area contributed by atoms with Crippen molar-refractivity contribution in [3.63, 3.8) is 0 Å². The number of nitrogens with zero attached hydrogens (tertiary/aromatic N) is 2. The van der Waals surface area contributed by atoms with Crippen LogP contribution in [-0.2, 0) is 9.47 Å². The highest BCUT2D eigenvalue weighted by molar-refractivity contribution is 4.77. The third-order valence-electron chi connectivity index (χ3n) is 6.51. The van der Waals surface area contributed by atoms with E-state index in [1.54, 1.807) is 14.2 Å². The average molecular weight is 431 g/mol. The summed E-state index contributed by atoms with van der Waals surface area (Å²) in [5.74, 6) is 1.90. The molecule has 30 heavy (non-hydrogen) atoms. The van der Waals surface area contributed by atoms with Gasteiger partial charge in [-0.05, 0) is 77.3 Å². The number of ether oxygens (including phenoxy) is 2. The van der Waals surface area contributed by atoms with E-state index in [1.165, 1.54) is 51.4 Å². The molecule has 0 spiro atoms. The van der Waals surface area contributed by atoms with Crippen molar-refractivity contribution in [3.8, 4) is 0 Å². The molecule has 0 heterocycles. The summed E-state index contributed by atoms with van der Waals surface area (Å²) in [4.78, 5) is 4.91. The Morgan fingerprint density at radius 2 is 0.833 bits per heavy atom. The summed E-state index contributed by atoms with van der Waals surface area (Å²) in [6, 6.07) is 1.62. The fraction of sp³-hybridized carbons (Fsp3) is 1.00. The van der Waals surface area contributed by atoms with Crippen LogP contribution >= 0.6 is 0 Å². The van der Waals surface area contributed by atoms with E-state index in [0.29, 0.717) is 0 Å². The summed E-state index contributed by atoms with van der Waals surface area (Å²) in [5, 5.41) is 0. The molecule has 0 N–H and O–H groups in total. The molecule has 2 rings (SSSR count). The maximum absolute atomic E-state index is 5.08. The second-order valence-corrected chi connectivity index (χ2v) is 8.77. The van der Waals surface area contributed by atoms with E-state index in [1.807, 2.05) is 27.7 Å². The Bertz CT molecular complexity index is 293. The Morgan fingerprint density at radius 3 is 1.07 bits per heavy atom. The standard InChI is InChI=1S/2C11H23NO.2C2H6/c2*1-10-4-6-11(7-5-10)12(2)8-9-13-3;2*1-2/h2*10-11H,4-9H2,1-3H3;2*1-2H3. The van der Waals surface area contributed by atoms with Gasteiger partial charge in [-0.2, -0.15) is 0 Å². The normalized spacial score (nSPS) is 26.0. The van der Waals surface area contributed by atoms with Gasteiger partial charge in [0.25, 0.3) is 0 Å². The monoisotopic (exact) mass is 430 g/mol. The summed E-state index contributed by atoms with van der Waals surface area (Å²) in [7, 11) is 7.99. The summed E-state index contributed by atoms with van der Waals surface area (Å²) in [6.07, 6.45) is 11.1. The minimum Gasteiger partial charge on any atom is -0.383 e. The molecule has 0 radical (unpaired) electrons. The molecule has 2 aliphatic carbocycles. The van der Waals surface area contributed by atoms with Crippen molar-refractivity contribution >= 4 is 0 Å². The van der Waals surface area contributed by atoms with Crippen molar-refractivity contribution < 1.29 is 9.47 Å². The number of methoxy groups -OCH3 is 2. The molecular weight excluding hydrogens is 372 g/mol. The van der Waals surface area contributed by atoms with E-state index in [4.69, 9.17) is 9.47 Å². The molecule has 4 nitrogen and oxygen atoms in total. The van der Waals surface area contributed by atoms with Crippen molar-refractivity contribution in [1.82, 2.24) is 9.80 Å². The van der Waals surface area contributed by atoms with Crippen LogP contribution in [0, 0.1) is 11.8 Å². The van der Waals surface area contributed by atoms with Crippen LogP contribution in [-0.4, -0.2) is 76.5 Å². The third-order valence-corrected chi connectivity index (χ3v) is 6.51. The van der Waals surface area contributed by atoms with Crippen molar-refractivity contribution in [2.45, 2.75) is 105 Å². The highest BCUT2D eigenvalue weighted by atomic mass is 16.5. The van der Waals surface area contributed by atoms with Gasteiger partial charge in [0, 0.05) is 39.4 Å². The van der Waals surface area contributed by atoms with E-state index in [2.05, 4.69) is 37.7 Å². The van der Waals surface area contributed by atoms with Crippen LogP contribution in [0.1, 0.15) is 92.9 Å². The summed E-state index contributed by atoms with van der Waals surface area (Å²) in [5.41, 5.74) is 0. The van der Waals surface area contributed by atoms with E-state index in [-0.39, 0.29) is 0 Å². The van der Waals surface area contributed by atoms with Crippen LogP contribution in [0.25, 0.3) is 0 Å². The van der Waals surface area contributed by atoms with Gasteiger partial charge in [0.15, 0.2) is 0 Å². The zero-order chi connectivity index (χ0) is 23.4. The Kier molecular flexibility index (Phi) is 23.5. The van der Waals surface area contributed by atoms with Crippen molar-refractivity contribution in [2.24, 2.45) is 11.8 Å². The number of rotatable bonds is 8. The molecule has 0 aromatic rings. The van der Waals surface area contributed by atoms with Crippen molar-refractivity contribution in [2.75, 3.05) is 54.6 Å². The fourth-order valence-electron chi connectivity index (χ4n) is 4.20. The summed E-state index contributed by atoms with van der Waals surface area (Å²) in [6.45, 7) is 16.6. The van der Waals surface area contributed by atoms with Crippen LogP contribution in [0.4, 0.5) is 0 Å². The number of hydrogen-bond acceptors (Lipinski definition) is 4. The van der Waals surface area contributed by atoms with E-state index >= 15 is 0 Å². The van der Waals surface area contributed by atoms with E-state index < -0.39 is 0 Å². The van der Waals surface area contributed by atoms with Crippen molar-refractivity contribution in [3.05, 3.63) is 0 Å². The first kappa shape index (κ1) is 32.0. The van der Waals surface area contributed by atoms with Gasteiger partial charge in [-0.1, -0.05) is 41.5 Å². The predicted molar refractivity (Wildman–Crippen MR) is 135 cm³/mol. The molecule has 0 amide bonds. The van der Waals surface area contributed by atoms with Gasteiger partial charge in [-0.15, -0.1) is 0 Å². The van der Waals surface area contributed by atoms with Gasteiger partial charge in [-0.25, -0.2) is 0 Å². The molecule has 2 saturated carbocycles. The van der Waals surface area contributed by atoms with Crippen molar-refractivity contribution in [1.29, 1.82) is 0 Å². The molecule has 0 unspecified atom stereocenters. The molecule has 4 heteroatoms. The lowest BCUT2D eigenvalue weighted by atomic mass is 9.87. The fourth-order valence-corrected chi connectivity index (χ4v) is 4.20. The van der Waals surface area contributed by atoms with Crippen LogP contribution in [0.15, 0.2) is 0 Å². The van der Waals surface area contributed by atoms with Crippen LogP contribution in [0.5, 0.6) is 0 Å². The predicted octanol–water partition coefficient (Wildman–Crippen LogP) is 6.34. The first-order chi connectivity index (χ1) is 14.5. The summed E-state index contributed by atoms with van der Waals surface area (Å²) < 4.78 is 10.2. The molecule has 0 atom stereocenters. The molecule has 0 bridgehead atoms. The Hall–Kier alpha value is -0.160. The molecule has 0 aromatic heterocycles. The van der Waals surface area contributed by atoms with Crippen LogP contribution in [0.2, 0.25) is 0 Å². The van der Waals surface area contributed by atoms with Crippen LogP contribution in [0.3, 0.4) is 0 Å². The average Bonchev–Trinajstić information content (AvgIpc) is 2.80. The maximum atomic E-state index is 5.08. The van der Waals surface area contributed by atoms with E-state index in [9.17, 15) is 0 Å². The highest BCUT2D eigenvalue weighted by Gasteiger charge is 2.21. The molecule has 2 fully saturated rings. The topological polar surface area (TPSA) is 24.9 Å². The molecule has 0 aliphatic heterocycles. The second-order valence-electron chi connectivity index (χ2n) is 8.77. The smallest absolute Gasteiger partial charge is 0.0589 e. The SMILES string of the molecule is CC.CC.COCCN(C)C1CCC(C)CC1.COCCN(C)C1CCC(C)CC1. The Morgan fingerprint density at radius 1 is 0.567 bits per heavy atom. The molecule has 0 aromatic carbocycles. The largest absolute Gasteiger partial charge is 0.383 e. The second kappa shape index (κ2) is 22.0. The number of likely N-dealkylation sites (N-methyl/N-ethyl adjacent to an activating group) is 2. The first-order valence-corrected chi connectivity index (χ1v) is 12.9. The molecular formula is C26H58N2O2. The highest BCUT2D eigenvalue weighted by Crippen LogP contribution is 2.27. The van der Waals surface area contributed by atoms with Gasteiger partial charge in [0.05, 0.1) is 13.2 Å². The lowest BCUT2D eigenvalue weighted by molar-refractivity contribution is 0.115. The summed E-state index contributed by atoms with van der Waals surface area (Å²) >= 11 is 0. The van der Waals surface area contributed by atoms with E-state index in [0.717, 1.165) is 50.2 Å². The van der Waals surface area contributed by atoms with Gasteiger partial charge in [0.2, 0.25) is 0 Å². The minimum atomic E-state index is 0.811. The lowest BCUT2D eigenvalue weighted by Gasteiger charge is -2.33. The quantitative estimate of drug-likeness (QED) is 0.448. The zero-order valence-electron chi connectivity index (χ0n) is 22.5. The van der Waals surface area contributed by atoms with Gasteiger partial charge in [0.1, 0.15) is 0 Å². The lowest BCUT2D eigenvalue weighted by Crippen LogP contribution is -2.36. The Labute approximate surface area is 191 Å².